The molecular weight excluding hydrogens is 360 g/mol. The number of rotatable bonds is 2. The molecule has 2 aromatic carbocycles. The molecule has 2 nitrogen and oxygen atoms in total. The summed E-state index contributed by atoms with van der Waals surface area (Å²) < 4.78 is 0. The zero-order valence-corrected chi connectivity index (χ0v) is 17.0. The van der Waals surface area contributed by atoms with Crippen LogP contribution in [-0.4, -0.2) is 10.1 Å². The van der Waals surface area contributed by atoms with E-state index in [1.807, 2.05) is 0 Å². The number of allylic oxidation sites excluding steroid dienone is 2. The van der Waals surface area contributed by atoms with Crippen LogP contribution in [0.4, 0.5) is 0 Å². The van der Waals surface area contributed by atoms with Crippen LogP contribution in [0.15, 0.2) is 93.6 Å². The zero-order chi connectivity index (χ0) is 18.9. The Morgan fingerprint density at radius 2 is 1.68 bits per heavy atom. The summed E-state index contributed by atoms with van der Waals surface area (Å²) in [5, 5.41) is 1.12. The SMILES string of the molecule is CC1=CN2C(=NC3=C(CCCC/C3=C\c3ccccc3)C2c2ccccc2)S1. The van der Waals surface area contributed by atoms with Crippen molar-refractivity contribution in [1.29, 1.82) is 0 Å². The molecule has 0 amide bonds. The second-order valence-corrected chi connectivity index (χ2v) is 8.83. The van der Waals surface area contributed by atoms with Gasteiger partial charge in [0.2, 0.25) is 0 Å². The van der Waals surface area contributed by atoms with Gasteiger partial charge in [0.15, 0.2) is 5.17 Å². The molecular formula is C25H24N2S. The van der Waals surface area contributed by atoms with Crippen molar-refractivity contribution in [2.75, 3.05) is 0 Å². The summed E-state index contributed by atoms with van der Waals surface area (Å²) >= 11 is 1.79. The number of fused-ring (bicyclic) bond motifs is 1. The van der Waals surface area contributed by atoms with Crippen LogP contribution in [-0.2, 0) is 0 Å². The maximum atomic E-state index is 5.19. The first-order valence-corrected chi connectivity index (χ1v) is 10.9. The molecule has 0 radical (unpaired) electrons. The zero-order valence-electron chi connectivity index (χ0n) is 16.1. The summed E-state index contributed by atoms with van der Waals surface area (Å²) in [5.74, 6) is 0. The van der Waals surface area contributed by atoms with Crippen molar-refractivity contribution in [3.63, 3.8) is 0 Å². The molecule has 3 heteroatoms. The first-order chi connectivity index (χ1) is 13.8. The molecule has 1 aliphatic carbocycles. The average Bonchev–Trinajstić information content (AvgIpc) is 2.99. The molecule has 0 fully saturated rings. The normalized spacial score (nSPS) is 23.1. The highest BCUT2D eigenvalue weighted by Crippen LogP contribution is 2.47. The van der Waals surface area contributed by atoms with Gasteiger partial charge in [0.05, 0.1) is 11.7 Å². The van der Waals surface area contributed by atoms with E-state index in [0.29, 0.717) is 0 Å². The summed E-state index contributed by atoms with van der Waals surface area (Å²) in [6, 6.07) is 21.8. The van der Waals surface area contributed by atoms with E-state index >= 15 is 0 Å². The summed E-state index contributed by atoms with van der Waals surface area (Å²) in [7, 11) is 0. The van der Waals surface area contributed by atoms with Crippen LogP contribution in [0, 0.1) is 0 Å². The van der Waals surface area contributed by atoms with Crippen LogP contribution < -0.4 is 0 Å². The highest BCUT2D eigenvalue weighted by molar-refractivity contribution is 8.17. The number of hydrogen-bond donors (Lipinski definition) is 0. The average molecular weight is 385 g/mol. The molecule has 0 bridgehead atoms. The molecule has 0 aromatic heterocycles. The summed E-state index contributed by atoms with van der Waals surface area (Å²) in [6.45, 7) is 2.18. The number of nitrogens with zero attached hydrogens (tertiary/aromatic N) is 2. The third kappa shape index (κ3) is 3.24. The lowest BCUT2D eigenvalue weighted by atomic mass is 9.90. The van der Waals surface area contributed by atoms with Crippen molar-refractivity contribution >= 4 is 23.0 Å². The Morgan fingerprint density at radius 1 is 0.964 bits per heavy atom. The maximum absolute atomic E-state index is 5.19. The van der Waals surface area contributed by atoms with E-state index in [1.165, 1.54) is 45.7 Å². The van der Waals surface area contributed by atoms with E-state index in [1.54, 1.807) is 11.8 Å². The Bertz CT molecular complexity index is 999. The van der Waals surface area contributed by atoms with Crippen molar-refractivity contribution < 1.29 is 0 Å². The minimum Gasteiger partial charge on any atom is -0.315 e. The monoisotopic (exact) mass is 384 g/mol. The van der Waals surface area contributed by atoms with Gasteiger partial charge in [-0.2, -0.15) is 0 Å². The quantitative estimate of drug-likeness (QED) is 0.558. The summed E-state index contributed by atoms with van der Waals surface area (Å²) in [5.41, 5.74) is 6.71. The van der Waals surface area contributed by atoms with Gasteiger partial charge in [-0.3, -0.25) is 0 Å². The standard InChI is InChI=1S/C25H24N2S/c1-18-17-27-24(20-12-6-3-7-13-20)22-15-9-8-14-21(23(22)26-25(27)28-18)16-19-10-4-2-5-11-19/h2-7,10-13,16-17,24H,8-9,14-15H2,1H3/b21-16+. The van der Waals surface area contributed by atoms with Crippen molar-refractivity contribution in [2.45, 2.75) is 38.6 Å². The first-order valence-electron chi connectivity index (χ1n) is 10.1. The van der Waals surface area contributed by atoms with E-state index in [0.717, 1.165) is 18.0 Å². The Labute approximate surface area is 171 Å². The van der Waals surface area contributed by atoms with Crippen LogP contribution in [0.3, 0.4) is 0 Å². The molecule has 0 saturated heterocycles. The molecule has 2 aromatic rings. The minimum atomic E-state index is 0.255. The van der Waals surface area contributed by atoms with Crippen LogP contribution in [0.25, 0.3) is 6.08 Å². The highest BCUT2D eigenvalue weighted by atomic mass is 32.2. The summed E-state index contributed by atoms with van der Waals surface area (Å²) in [4.78, 5) is 8.89. The number of aliphatic imine (C=N–C) groups is 1. The molecule has 2 aliphatic heterocycles. The van der Waals surface area contributed by atoms with Gasteiger partial charge < -0.3 is 4.90 Å². The Kier molecular flexibility index (Phi) is 4.69. The van der Waals surface area contributed by atoms with Crippen molar-refractivity contribution in [1.82, 2.24) is 4.90 Å². The number of amidine groups is 1. The molecule has 3 aliphatic rings. The van der Waals surface area contributed by atoms with Gasteiger partial charge in [-0.25, -0.2) is 4.99 Å². The summed E-state index contributed by atoms with van der Waals surface area (Å²) in [6.07, 6.45) is 9.29. The van der Waals surface area contributed by atoms with Gasteiger partial charge >= 0.3 is 0 Å². The van der Waals surface area contributed by atoms with E-state index < -0.39 is 0 Å². The molecule has 5 rings (SSSR count). The van der Waals surface area contributed by atoms with E-state index in [4.69, 9.17) is 4.99 Å². The van der Waals surface area contributed by atoms with Gasteiger partial charge in [0, 0.05) is 11.1 Å². The van der Waals surface area contributed by atoms with Gasteiger partial charge in [-0.1, -0.05) is 72.4 Å². The Balaban J connectivity index is 1.67. The van der Waals surface area contributed by atoms with Crippen LogP contribution in [0.2, 0.25) is 0 Å². The lowest BCUT2D eigenvalue weighted by Gasteiger charge is -2.35. The number of hydrogen-bond acceptors (Lipinski definition) is 3. The molecule has 1 unspecified atom stereocenters. The predicted octanol–water partition coefficient (Wildman–Crippen LogP) is 6.92. The number of benzene rings is 2. The molecule has 28 heavy (non-hydrogen) atoms. The van der Waals surface area contributed by atoms with E-state index in [9.17, 15) is 0 Å². The Morgan fingerprint density at radius 3 is 2.46 bits per heavy atom. The third-order valence-electron chi connectivity index (χ3n) is 5.62. The van der Waals surface area contributed by atoms with Crippen molar-refractivity contribution in [3.05, 3.63) is 99.7 Å². The third-order valence-corrected chi connectivity index (χ3v) is 6.53. The smallest absolute Gasteiger partial charge is 0.173 e. The topological polar surface area (TPSA) is 15.6 Å². The molecule has 0 N–H and O–H groups in total. The lowest BCUT2D eigenvalue weighted by Crippen LogP contribution is -2.31. The van der Waals surface area contributed by atoms with Gasteiger partial charge in [0.25, 0.3) is 0 Å². The van der Waals surface area contributed by atoms with Gasteiger partial charge in [-0.15, -0.1) is 0 Å². The Hall–Kier alpha value is -2.52. The molecule has 2 heterocycles. The van der Waals surface area contributed by atoms with Gasteiger partial charge in [-0.05, 0) is 61.0 Å². The van der Waals surface area contributed by atoms with E-state index in [-0.39, 0.29) is 6.04 Å². The highest BCUT2D eigenvalue weighted by Gasteiger charge is 2.36. The lowest BCUT2D eigenvalue weighted by molar-refractivity contribution is 0.448. The fraction of sp³-hybridized carbons (Fsp3) is 0.240. The second-order valence-electron chi connectivity index (χ2n) is 7.62. The van der Waals surface area contributed by atoms with Crippen LogP contribution in [0.5, 0.6) is 0 Å². The minimum absolute atomic E-state index is 0.255. The second kappa shape index (κ2) is 7.48. The predicted molar refractivity (Wildman–Crippen MR) is 120 cm³/mol. The maximum Gasteiger partial charge on any atom is 0.173 e. The number of thioether (sulfide) groups is 1. The fourth-order valence-corrected chi connectivity index (χ4v) is 5.23. The first kappa shape index (κ1) is 17.6. The van der Waals surface area contributed by atoms with Crippen LogP contribution in [0.1, 0.15) is 49.8 Å². The molecule has 140 valence electrons. The van der Waals surface area contributed by atoms with Crippen molar-refractivity contribution in [2.24, 2.45) is 4.99 Å². The molecule has 0 spiro atoms. The largest absolute Gasteiger partial charge is 0.315 e. The van der Waals surface area contributed by atoms with Crippen molar-refractivity contribution in [3.8, 4) is 0 Å². The molecule has 1 atom stereocenters. The van der Waals surface area contributed by atoms with Gasteiger partial charge in [0.1, 0.15) is 0 Å². The van der Waals surface area contributed by atoms with Crippen LogP contribution >= 0.6 is 11.8 Å². The molecule has 0 saturated carbocycles. The van der Waals surface area contributed by atoms with E-state index in [2.05, 4.69) is 84.8 Å². The fourth-order valence-electron chi connectivity index (χ4n) is 4.38.